The van der Waals surface area contributed by atoms with Crippen molar-refractivity contribution >= 4 is 22.4 Å². The number of hydrogen-bond acceptors (Lipinski definition) is 5. The first-order valence-corrected chi connectivity index (χ1v) is 8.58. The number of anilines is 1. The lowest BCUT2D eigenvalue weighted by Gasteiger charge is -2.31. The lowest BCUT2D eigenvalue weighted by Crippen LogP contribution is -2.40. The van der Waals surface area contributed by atoms with Crippen molar-refractivity contribution in [3.63, 3.8) is 0 Å². The number of nitrogens with zero attached hydrogens (tertiary/aromatic N) is 2. The average Bonchev–Trinajstić information content (AvgIpc) is 2.93. The maximum absolute atomic E-state index is 12.2. The topological polar surface area (TPSA) is 54.5 Å². The molecule has 1 amide bonds. The van der Waals surface area contributed by atoms with Gasteiger partial charge in [-0.25, -0.2) is 4.98 Å². The van der Waals surface area contributed by atoms with Crippen molar-refractivity contribution in [1.29, 1.82) is 0 Å². The molecule has 1 aliphatic heterocycles. The van der Waals surface area contributed by atoms with Crippen molar-refractivity contribution in [1.82, 2.24) is 9.88 Å². The van der Waals surface area contributed by atoms with E-state index in [1.807, 2.05) is 31.2 Å². The third-order valence-corrected chi connectivity index (χ3v) is 4.62. The van der Waals surface area contributed by atoms with Crippen LogP contribution in [0.5, 0.6) is 0 Å². The van der Waals surface area contributed by atoms with Crippen LogP contribution in [0.4, 0.5) is 5.13 Å². The molecule has 3 rings (SSSR count). The van der Waals surface area contributed by atoms with Crippen LogP contribution in [0.3, 0.4) is 0 Å². The van der Waals surface area contributed by atoms with Gasteiger partial charge in [0, 0.05) is 36.3 Å². The Balaban J connectivity index is 1.59. The Bertz CT molecular complexity index is 669. The zero-order valence-electron chi connectivity index (χ0n) is 13.4. The van der Waals surface area contributed by atoms with Crippen molar-refractivity contribution in [3.8, 4) is 0 Å². The molecule has 2 heterocycles. The summed E-state index contributed by atoms with van der Waals surface area (Å²) in [6, 6.07) is 7.77. The summed E-state index contributed by atoms with van der Waals surface area (Å²) in [5.41, 5.74) is 1.86. The third-order valence-electron chi connectivity index (χ3n) is 3.79. The predicted octanol–water partition coefficient (Wildman–Crippen LogP) is 2.92. The number of morpholine rings is 1. The van der Waals surface area contributed by atoms with E-state index in [0.29, 0.717) is 10.7 Å². The van der Waals surface area contributed by atoms with Gasteiger partial charge >= 0.3 is 0 Å². The summed E-state index contributed by atoms with van der Waals surface area (Å²) < 4.78 is 5.56. The van der Waals surface area contributed by atoms with Gasteiger partial charge < -0.3 is 4.74 Å². The Hall–Kier alpha value is -1.76. The van der Waals surface area contributed by atoms with Gasteiger partial charge in [-0.05, 0) is 31.5 Å². The molecule has 1 fully saturated rings. The molecular formula is C17H21N3O2S. The predicted molar refractivity (Wildman–Crippen MR) is 91.9 cm³/mol. The molecule has 1 aromatic heterocycles. The molecule has 23 heavy (non-hydrogen) atoms. The minimum atomic E-state index is -0.120. The summed E-state index contributed by atoms with van der Waals surface area (Å²) in [7, 11) is 0. The van der Waals surface area contributed by atoms with Gasteiger partial charge in [-0.15, -0.1) is 11.3 Å². The molecule has 0 saturated carbocycles. The molecule has 2 aromatic rings. The number of nitrogens with one attached hydrogen (secondary N) is 1. The Morgan fingerprint density at radius 1 is 1.43 bits per heavy atom. The highest BCUT2D eigenvalue weighted by Crippen LogP contribution is 2.18. The first-order chi connectivity index (χ1) is 11.1. The van der Waals surface area contributed by atoms with E-state index in [-0.39, 0.29) is 12.0 Å². The van der Waals surface area contributed by atoms with Gasteiger partial charge in [0.05, 0.1) is 12.7 Å². The molecular weight excluding hydrogens is 310 g/mol. The standard InChI is InChI=1S/C17H21N3O2S/c1-12-10-20(7-8-22-12)11-14-3-5-15(6-4-14)16(21)19-17-18-9-13(2)23-17/h3-6,9,12H,7-8,10-11H2,1-2H3,(H,18,19,21)/t12-/m0/s1. The van der Waals surface area contributed by atoms with E-state index in [9.17, 15) is 4.79 Å². The molecule has 0 radical (unpaired) electrons. The number of rotatable bonds is 4. The molecule has 122 valence electrons. The zero-order chi connectivity index (χ0) is 16.2. The molecule has 0 bridgehead atoms. The number of benzene rings is 1. The zero-order valence-corrected chi connectivity index (χ0v) is 14.2. The molecule has 1 aromatic carbocycles. The number of ether oxygens (including phenoxy) is 1. The highest BCUT2D eigenvalue weighted by atomic mass is 32.1. The van der Waals surface area contributed by atoms with Crippen molar-refractivity contribution < 1.29 is 9.53 Å². The third kappa shape index (κ3) is 4.37. The van der Waals surface area contributed by atoms with Gasteiger partial charge in [-0.1, -0.05) is 12.1 Å². The van der Waals surface area contributed by atoms with E-state index in [2.05, 4.69) is 22.1 Å². The number of aryl methyl sites for hydroxylation is 1. The van der Waals surface area contributed by atoms with E-state index in [1.165, 1.54) is 16.9 Å². The maximum Gasteiger partial charge on any atom is 0.257 e. The van der Waals surface area contributed by atoms with Crippen LogP contribution in [0.25, 0.3) is 0 Å². The summed E-state index contributed by atoms with van der Waals surface area (Å²) >= 11 is 1.48. The Morgan fingerprint density at radius 3 is 2.87 bits per heavy atom. The largest absolute Gasteiger partial charge is 0.376 e. The van der Waals surface area contributed by atoms with E-state index in [1.54, 1.807) is 6.20 Å². The van der Waals surface area contributed by atoms with Crippen LogP contribution >= 0.6 is 11.3 Å². The summed E-state index contributed by atoms with van der Waals surface area (Å²) in [6.45, 7) is 7.65. The minimum absolute atomic E-state index is 0.120. The van der Waals surface area contributed by atoms with E-state index in [4.69, 9.17) is 4.74 Å². The Kier molecular flexibility index (Phi) is 5.05. The molecule has 1 saturated heterocycles. The van der Waals surface area contributed by atoms with Crippen LogP contribution < -0.4 is 5.32 Å². The van der Waals surface area contributed by atoms with Gasteiger partial charge in [0.25, 0.3) is 5.91 Å². The minimum Gasteiger partial charge on any atom is -0.376 e. The summed E-state index contributed by atoms with van der Waals surface area (Å²) in [5, 5.41) is 3.47. The van der Waals surface area contributed by atoms with Gasteiger partial charge in [0.1, 0.15) is 0 Å². The Labute approximate surface area is 140 Å². The van der Waals surface area contributed by atoms with Crippen molar-refractivity contribution in [2.45, 2.75) is 26.5 Å². The lowest BCUT2D eigenvalue weighted by atomic mass is 10.1. The second-order valence-electron chi connectivity index (χ2n) is 5.84. The normalized spacial score (nSPS) is 18.8. The molecule has 0 unspecified atom stereocenters. The van der Waals surface area contributed by atoms with E-state index >= 15 is 0 Å². The van der Waals surface area contributed by atoms with Gasteiger partial charge in [-0.2, -0.15) is 0 Å². The SMILES string of the molecule is Cc1cnc(NC(=O)c2ccc(CN3CCO[C@@H](C)C3)cc2)s1. The van der Waals surface area contributed by atoms with Crippen LogP contribution in [0.2, 0.25) is 0 Å². The monoisotopic (exact) mass is 331 g/mol. The lowest BCUT2D eigenvalue weighted by molar-refractivity contribution is -0.0212. The fourth-order valence-corrected chi connectivity index (χ4v) is 3.30. The molecule has 1 atom stereocenters. The fraction of sp³-hybridized carbons (Fsp3) is 0.412. The van der Waals surface area contributed by atoms with Gasteiger partial charge in [0.2, 0.25) is 0 Å². The number of carbonyl (C=O) groups excluding carboxylic acids is 1. The second-order valence-corrected chi connectivity index (χ2v) is 7.08. The number of aromatic nitrogens is 1. The summed E-state index contributed by atoms with van der Waals surface area (Å²) in [6.07, 6.45) is 2.04. The first-order valence-electron chi connectivity index (χ1n) is 7.77. The smallest absolute Gasteiger partial charge is 0.257 e. The van der Waals surface area contributed by atoms with Gasteiger partial charge in [-0.3, -0.25) is 15.0 Å². The van der Waals surface area contributed by atoms with E-state index in [0.717, 1.165) is 31.1 Å². The molecule has 0 spiro atoms. The quantitative estimate of drug-likeness (QED) is 0.936. The molecule has 0 aliphatic carbocycles. The highest BCUT2D eigenvalue weighted by Gasteiger charge is 2.16. The van der Waals surface area contributed by atoms with Crippen molar-refractivity contribution in [3.05, 3.63) is 46.5 Å². The number of hydrogen-bond donors (Lipinski definition) is 1. The summed E-state index contributed by atoms with van der Waals surface area (Å²) in [4.78, 5) is 19.8. The molecule has 1 aliphatic rings. The fourth-order valence-electron chi connectivity index (χ4n) is 2.64. The first kappa shape index (κ1) is 16.1. The van der Waals surface area contributed by atoms with Crippen molar-refractivity contribution in [2.24, 2.45) is 0 Å². The summed E-state index contributed by atoms with van der Waals surface area (Å²) in [5.74, 6) is -0.120. The number of carbonyl (C=O) groups is 1. The highest BCUT2D eigenvalue weighted by molar-refractivity contribution is 7.15. The molecule has 1 N–H and O–H groups in total. The van der Waals surface area contributed by atoms with Crippen LogP contribution in [0, 0.1) is 6.92 Å². The Morgan fingerprint density at radius 2 is 2.22 bits per heavy atom. The number of thiazole rings is 1. The maximum atomic E-state index is 12.2. The van der Waals surface area contributed by atoms with Crippen LogP contribution in [0.1, 0.15) is 27.7 Å². The van der Waals surface area contributed by atoms with E-state index < -0.39 is 0 Å². The van der Waals surface area contributed by atoms with Gasteiger partial charge in [0.15, 0.2) is 5.13 Å². The molecule has 5 nitrogen and oxygen atoms in total. The molecule has 6 heteroatoms. The van der Waals surface area contributed by atoms with Crippen LogP contribution in [0.15, 0.2) is 30.5 Å². The van der Waals surface area contributed by atoms with Crippen molar-refractivity contribution in [2.75, 3.05) is 25.0 Å². The van der Waals surface area contributed by atoms with Crippen LogP contribution in [-0.2, 0) is 11.3 Å². The van der Waals surface area contributed by atoms with Crippen LogP contribution in [-0.4, -0.2) is 41.6 Å². The average molecular weight is 331 g/mol. The number of amides is 1. The second kappa shape index (κ2) is 7.21.